The van der Waals surface area contributed by atoms with Crippen molar-refractivity contribution in [2.75, 3.05) is 134 Å². The van der Waals surface area contributed by atoms with E-state index in [4.69, 9.17) is 8.37 Å². The number of nitrogens with one attached hydrogen (secondary N) is 1. The van der Waals surface area contributed by atoms with Crippen molar-refractivity contribution >= 4 is 117 Å². The Morgan fingerprint density at radius 3 is 1.37 bits per heavy atom. The second kappa shape index (κ2) is 49.3. The summed E-state index contributed by atoms with van der Waals surface area (Å²) >= 11 is -3.88. The SMILES string of the molecule is CS(=O)OCCCCN1c2ccccc2C(C)(C)C1/C=C/C=C/C=C1/N(CCCCCC(=O)NCCCCCC(=O)N2CCCN(C(=O)CCC(C(=O)O)N(CC(=O)O)CC(=O)O)CCN(C(=O)CCC(C(=O)O)N(CC(=O)O)CC(=O)O)CCCN(C(=O)CCC(C(=O)O)N(CC(=O)O)CC(=O)O)CC2)c2ccc(OS(=O)O)cc2C1(C)C.[HH]. The lowest BCUT2D eigenvalue weighted by Crippen LogP contribution is -2.49. The number of anilines is 2. The van der Waals surface area contributed by atoms with E-state index in [9.17, 15) is 126 Å². The van der Waals surface area contributed by atoms with E-state index < -0.39 is 201 Å². The van der Waals surface area contributed by atoms with E-state index in [0.29, 0.717) is 66.4 Å². The first-order valence-electron chi connectivity index (χ1n) is 39.4. The zero-order chi connectivity index (χ0) is 88.3. The van der Waals surface area contributed by atoms with Gasteiger partial charge in [0.25, 0.3) is 0 Å². The van der Waals surface area contributed by atoms with Crippen LogP contribution >= 0.6 is 0 Å². The van der Waals surface area contributed by atoms with Crippen molar-refractivity contribution in [1.82, 2.24) is 39.6 Å². The Labute approximate surface area is 697 Å². The molecule has 0 radical (unpaired) electrons. The van der Waals surface area contributed by atoms with Crippen molar-refractivity contribution in [2.45, 2.75) is 178 Å². The first-order valence-corrected chi connectivity index (χ1v) is 41.9. The minimum Gasteiger partial charge on any atom is -0.480 e. The van der Waals surface area contributed by atoms with Crippen LogP contribution in [0.1, 0.15) is 156 Å². The highest BCUT2D eigenvalue weighted by molar-refractivity contribution is 7.79. The van der Waals surface area contributed by atoms with Gasteiger partial charge in [-0.25, -0.2) is 4.21 Å². The Kier molecular flexibility index (Phi) is 41.2. The van der Waals surface area contributed by atoms with E-state index in [1.807, 2.05) is 30.4 Å². The molecule has 3 aliphatic heterocycles. The fraction of sp³-hybridized carbons (Fsp3) is 0.595. The number of carbonyl (C=O) groups excluding carboxylic acids is 5. The fourth-order valence-corrected chi connectivity index (χ4v) is 15.8. The third kappa shape index (κ3) is 32.8. The first-order chi connectivity index (χ1) is 56.2. The molecule has 662 valence electrons. The molecule has 1 fully saturated rings. The maximum Gasteiger partial charge on any atom is 0.357 e. The summed E-state index contributed by atoms with van der Waals surface area (Å²) in [6, 6.07) is 8.27. The lowest BCUT2D eigenvalue weighted by atomic mass is 9.80. The van der Waals surface area contributed by atoms with Crippen molar-refractivity contribution in [3.63, 3.8) is 0 Å². The van der Waals surface area contributed by atoms with Gasteiger partial charge in [0.05, 0.1) is 51.9 Å². The molecule has 6 atom stereocenters. The molecular weight excluding hydrogens is 1600 g/mol. The summed E-state index contributed by atoms with van der Waals surface area (Å²) < 4.78 is 43.3. The number of fused-ring (bicyclic) bond motifs is 2. The molecule has 6 unspecified atom stereocenters. The highest BCUT2D eigenvalue weighted by Gasteiger charge is 2.44. The highest BCUT2D eigenvalue weighted by atomic mass is 32.2. The number of nitrogens with zero attached hydrogens (tertiary/aromatic N) is 9. The van der Waals surface area contributed by atoms with Gasteiger partial charge in [-0.15, -0.1) is 0 Å². The van der Waals surface area contributed by atoms with E-state index in [1.54, 1.807) is 12.1 Å². The Morgan fingerprint density at radius 1 is 0.504 bits per heavy atom. The lowest BCUT2D eigenvalue weighted by molar-refractivity contribution is -0.152. The summed E-state index contributed by atoms with van der Waals surface area (Å²) in [5, 5.41) is 90.5. The van der Waals surface area contributed by atoms with Crippen LogP contribution in [0.4, 0.5) is 11.4 Å². The molecule has 1 saturated heterocycles. The van der Waals surface area contributed by atoms with Crippen LogP contribution in [-0.4, -0.2) is 325 Å². The number of para-hydroxylation sites is 1. The van der Waals surface area contributed by atoms with Crippen LogP contribution in [0.15, 0.2) is 78.5 Å². The van der Waals surface area contributed by atoms with Crippen molar-refractivity contribution in [2.24, 2.45) is 0 Å². The van der Waals surface area contributed by atoms with Crippen LogP contribution in [0.2, 0.25) is 0 Å². The molecule has 11 N–H and O–H groups in total. The largest absolute Gasteiger partial charge is 0.480 e. The number of allylic oxidation sites excluding steroid dienone is 5. The molecule has 2 aromatic carbocycles. The van der Waals surface area contributed by atoms with Crippen LogP contribution in [0.25, 0.3) is 0 Å². The smallest absolute Gasteiger partial charge is 0.357 e. The molecule has 0 aliphatic carbocycles. The molecule has 5 amide bonds. The lowest BCUT2D eigenvalue weighted by Gasteiger charge is -2.33. The number of carbonyl (C=O) groups is 14. The molecule has 5 rings (SSSR count). The van der Waals surface area contributed by atoms with Gasteiger partial charge >= 0.3 is 65.1 Å². The third-order valence-electron chi connectivity index (χ3n) is 21.0. The highest BCUT2D eigenvalue weighted by Crippen LogP contribution is 2.50. The number of carboxylic acids is 9. The summed E-state index contributed by atoms with van der Waals surface area (Å²) in [5.41, 5.74) is 4.40. The molecule has 38 nitrogen and oxygen atoms in total. The zero-order valence-corrected chi connectivity index (χ0v) is 69.5. The Balaban J connectivity index is 0.0000303. The number of rotatable bonds is 50. The van der Waals surface area contributed by atoms with E-state index in [0.717, 1.165) is 36.3 Å². The summed E-state index contributed by atoms with van der Waals surface area (Å²) in [4.78, 5) is 190. The van der Waals surface area contributed by atoms with Crippen molar-refractivity contribution in [3.05, 3.63) is 89.7 Å². The summed E-state index contributed by atoms with van der Waals surface area (Å²) in [6.45, 7) is 2.41. The van der Waals surface area contributed by atoms with E-state index in [1.165, 1.54) is 37.1 Å². The Bertz CT molecular complexity index is 3990. The quantitative estimate of drug-likeness (QED) is 0.0250. The van der Waals surface area contributed by atoms with Gasteiger partial charge in [-0.3, -0.25) is 90.6 Å². The predicted molar refractivity (Wildman–Crippen MR) is 435 cm³/mol. The molecule has 0 spiro atoms. The second-order valence-corrected chi connectivity index (χ2v) is 32.0. The number of hydrogen-bond acceptors (Lipinski definition) is 23. The van der Waals surface area contributed by atoms with Gasteiger partial charge in [0.15, 0.2) is 11.1 Å². The fourth-order valence-electron chi connectivity index (χ4n) is 15.2. The molecule has 40 heteroatoms. The van der Waals surface area contributed by atoms with Gasteiger partial charge in [-0.05, 0) is 112 Å². The predicted octanol–water partition coefficient (Wildman–Crippen LogP) is 4.26. The van der Waals surface area contributed by atoms with Crippen LogP contribution in [0, 0.1) is 0 Å². The van der Waals surface area contributed by atoms with Crippen molar-refractivity contribution < 1.29 is 136 Å². The number of aliphatic carboxylic acids is 9. The molecule has 2 aromatic rings. The molecule has 0 aromatic heterocycles. The van der Waals surface area contributed by atoms with E-state index in [-0.39, 0.29) is 109 Å². The van der Waals surface area contributed by atoms with Gasteiger partial charge in [0.2, 0.25) is 29.5 Å². The maximum atomic E-state index is 14.4. The van der Waals surface area contributed by atoms with Crippen LogP contribution < -0.4 is 19.3 Å². The molecule has 0 saturated carbocycles. The third-order valence-corrected chi connectivity index (χ3v) is 21.8. The standard InChI is InChI=1S/C79H114N10O28S2.H2/c1-78(2)55-21-13-14-22-57(55)88(41-17-18-46-116-118(5)113)62(78)23-9-6-10-24-63-79(3,4)56-47-54(117-119(114)115)27-28-58(56)89(63)40-16-8-11-25-64(90)80-35-15-7-12-26-65(91)81-36-19-37-83(67(93)33-30-60(76(109)110)86(50-71(99)100)51-72(101)102)44-45-84(68(94)34-31-61(77(111)112)87(52-73(103)104)53-74(105)106)39-20-38-82(43-42-81)66(92)32-29-59(75(107)108)85(48-69(95)96)49-70(97)98;/h6,9-10,13-14,21-24,27-28,47,59-62H,7-8,11-12,15-20,25-26,29-46,48-53H2,1-5H3,(H,80,90)(H,95,96)(H,97,98)(H,99,100)(H,101,102)(H,103,104)(H,105,106)(H,107,108)(H,109,110)(H,111,112)(H,114,115);1H/b10-6+,23-9+,63-24+;. The zero-order valence-electron chi connectivity index (χ0n) is 67.9. The first kappa shape index (κ1) is 99.3. The average molecular weight is 1720 g/mol. The molecule has 0 bridgehead atoms. The normalized spacial score (nSPS) is 17.4. The number of unbranched alkanes of at least 4 members (excludes halogenated alkanes) is 5. The topological polar surface area (TPSA) is 535 Å². The number of hydrogen-bond donors (Lipinski definition) is 11. The van der Waals surface area contributed by atoms with Gasteiger partial charge in [-0.1, -0.05) is 83.0 Å². The molecule has 3 heterocycles. The van der Waals surface area contributed by atoms with Crippen molar-refractivity contribution in [1.29, 1.82) is 0 Å². The average Bonchev–Trinajstić information content (AvgIpc) is 1.60. The van der Waals surface area contributed by atoms with Gasteiger partial charge in [-0.2, -0.15) is 4.21 Å². The Morgan fingerprint density at radius 2 is 0.933 bits per heavy atom. The minimum absolute atomic E-state index is 0. The summed E-state index contributed by atoms with van der Waals surface area (Å²) in [6.07, 6.45) is 12.9. The van der Waals surface area contributed by atoms with Crippen LogP contribution in [0.5, 0.6) is 5.75 Å². The van der Waals surface area contributed by atoms with Gasteiger partial charge < -0.3 is 84.9 Å². The van der Waals surface area contributed by atoms with Gasteiger partial charge in [0.1, 0.15) is 23.9 Å². The van der Waals surface area contributed by atoms with Crippen molar-refractivity contribution in [3.8, 4) is 5.75 Å². The number of benzene rings is 2. The Hall–Kier alpha value is -10.3. The monoisotopic (exact) mass is 1720 g/mol. The van der Waals surface area contributed by atoms with Crippen LogP contribution in [-0.2, 0) is 105 Å². The van der Waals surface area contributed by atoms with E-state index >= 15 is 0 Å². The second-order valence-electron chi connectivity index (χ2n) is 30.3. The summed E-state index contributed by atoms with van der Waals surface area (Å²) in [7, 11) is 0. The molecular formula is C79H116N10O28S2. The van der Waals surface area contributed by atoms with E-state index in [2.05, 4.69) is 73.2 Å². The minimum atomic E-state index is -2.55. The number of amides is 5. The van der Waals surface area contributed by atoms with Crippen LogP contribution in [0.3, 0.4) is 0 Å². The number of carboxylic acid groups (broad SMARTS) is 9. The molecule has 3 aliphatic rings. The maximum absolute atomic E-state index is 14.4. The molecule has 119 heavy (non-hydrogen) atoms. The summed E-state index contributed by atoms with van der Waals surface area (Å²) in [5.74, 6) is -17.1. The van der Waals surface area contributed by atoms with Gasteiger partial charge in [0, 0.05) is 140 Å².